The monoisotopic (exact) mass is 379 g/mol. The van der Waals surface area contributed by atoms with E-state index in [4.69, 9.17) is 9.15 Å². The zero-order valence-electron chi connectivity index (χ0n) is 12.1. The third-order valence-electron chi connectivity index (χ3n) is 3.37. The fourth-order valence-corrected chi connectivity index (χ4v) is 2.80. The van der Waals surface area contributed by atoms with Gasteiger partial charge < -0.3 is 14.1 Å². The first-order valence-corrected chi connectivity index (χ1v) is 7.83. The van der Waals surface area contributed by atoms with Gasteiger partial charge in [0.25, 0.3) is 5.69 Å². The summed E-state index contributed by atoms with van der Waals surface area (Å²) >= 11 is 3.48. The maximum absolute atomic E-state index is 10.8. The van der Waals surface area contributed by atoms with E-state index in [9.17, 15) is 10.1 Å². The summed E-state index contributed by atoms with van der Waals surface area (Å²) in [7, 11) is 0. The number of rotatable bonds is 4. The van der Waals surface area contributed by atoms with Gasteiger partial charge in [-0.05, 0) is 22.0 Å². The molecule has 1 aromatic heterocycles. The van der Waals surface area contributed by atoms with Crippen molar-refractivity contribution in [3.8, 4) is 0 Å². The molecule has 120 valence electrons. The number of anilines is 1. The van der Waals surface area contributed by atoms with Crippen molar-refractivity contribution in [2.24, 2.45) is 4.99 Å². The lowest BCUT2D eigenvalue weighted by molar-refractivity contribution is -0.384. The Labute approximate surface area is 140 Å². The lowest BCUT2D eigenvalue weighted by Gasteiger charge is -2.26. The molecule has 1 aromatic carbocycles. The molecular weight excluding hydrogens is 366 g/mol. The number of hydrogen-bond acceptors (Lipinski definition) is 6. The quantitative estimate of drug-likeness (QED) is 0.461. The zero-order valence-corrected chi connectivity index (χ0v) is 13.7. The Kier molecular flexibility index (Phi) is 4.73. The second kappa shape index (κ2) is 6.93. The molecule has 0 amide bonds. The van der Waals surface area contributed by atoms with Crippen molar-refractivity contribution in [2.45, 2.75) is 0 Å². The van der Waals surface area contributed by atoms with Crippen molar-refractivity contribution in [1.82, 2.24) is 0 Å². The Bertz CT molecular complexity index is 738. The van der Waals surface area contributed by atoms with Crippen molar-refractivity contribution in [2.75, 3.05) is 31.2 Å². The van der Waals surface area contributed by atoms with E-state index in [-0.39, 0.29) is 5.69 Å². The highest BCUT2D eigenvalue weighted by molar-refractivity contribution is 9.10. The van der Waals surface area contributed by atoms with Crippen molar-refractivity contribution in [3.63, 3.8) is 0 Å². The molecule has 0 saturated carbocycles. The Morgan fingerprint density at radius 1 is 1.30 bits per heavy atom. The molecule has 1 aliphatic heterocycles. The van der Waals surface area contributed by atoms with Crippen LogP contribution in [0, 0.1) is 10.1 Å². The predicted octanol–water partition coefficient (Wildman–Crippen LogP) is 3.54. The molecule has 8 heteroatoms. The number of nitro groups is 1. The van der Waals surface area contributed by atoms with Crippen LogP contribution in [0.15, 0.2) is 44.2 Å². The predicted molar refractivity (Wildman–Crippen MR) is 89.8 cm³/mol. The van der Waals surface area contributed by atoms with Gasteiger partial charge >= 0.3 is 0 Å². The number of furan rings is 1. The average Bonchev–Trinajstić information content (AvgIpc) is 2.95. The van der Waals surface area contributed by atoms with Crippen LogP contribution < -0.4 is 4.90 Å². The van der Waals surface area contributed by atoms with Crippen LogP contribution >= 0.6 is 15.9 Å². The van der Waals surface area contributed by atoms with E-state index in [0.29, 0.717) is 24.7 Å². The van der Waals surface area contributed by atoms with E-state index in [0.717, 1.165) is 23.4 Å². The maximum atomic E-state index is 10.8. The molecule has 0 atom stereocenters. The summed E-state index contributed by atoms with van der Waals surface area (Å²) in [5, 5.41) is 10.8. The molecule has 0 N–H and O–H groups in total. The zero-order chi connectivity index (χ0) is 16.2. The summed E-state index contributed by atoms with van der Waals surface area (Å²) in [6.45, 7) is 2.88. The number of hydrogen-bond donors (Lipinski definition) is 0. The van der Waals surface area contributed by atoms with Crippen molar-refractivity contribution >= 4 is 39.4 Å². The van der Waals surface area contributed by atoms with E-state index in [1.165, 1.54) is 12.1 Å². The number of non-ortho nitro benzene ring substituents is 1. The minimum Gasteiger partial charge on any atom is -0.438 e. The highest BCUT2D eigenvalue weighted by atomic mass is 79.9. The van der Waals surface area contributed by atoms with Gasteiger partial charge in [-0.3, -0.25) is 15.1 Å². The second-order valence-corrected chi connectivity index (χ2v) is 5.79. The van der Waals surface area contributed by atoms with Crippen LogP contribution in [0.5, 0.6) is 0 Å². The van der Waals surface area contributed by atoms with Gasteiger partial charge in [0.2, 0.25) is 5.88 Å². The Morgan fingerprint density at radius 2 is 2.09 bits per heavy atom. The molecule has 0 unspecified atom stereocenters. The molecule has 0 spiro atoms. The number of ether oxygens (including phenoxy) is 1. The van der Waals surface area contributed by atoms with E-state index in [2.05, 4.69) is 25.8 Å². The van der Waals surface area contributed by atoms with Crippen LogP contribution in [0.3, 0.4) is 0 Å². The van der Waals surface area contributed by atoms with Crippen LogP contribution in [0.4, 0.5) is 17.3 Å². The minimum atomic E-state index is -0.445. The Hall–Kier alpha value is -2.19. The molecule has 3 rings (SSSR count). The molecule has 23 heavy (non-hydrogen) atoms. The Morgan fingerprint density at radius 3 is 2.83 bits per heavy atom. The largest absolute Gasteiger partial charge is 0.438 e. The van der Waals surface area contributed by atoms with Crippen LogP contribution in [-0.2, 0) is 4.74 Å². The Balaban J connectivity index is 1.77. The smallest absolute Gasteiger partial charge is 0.271 e. The first-order chi connectivity index (χ1) is 11.1. The number of halogens is 1. The summed E-state index contributed by atoms with van der Waals surface area (Å²) in [5.74, 6) is 1.32. The number of aliphatic imine (C=N–C) groups is 1. The van der Waals surface area contributed by atoms with Gasteiger partial charge in [-0.2, -0.15) is 0 Å². The molecule has 0 aliphatic carbocycles. The topological polar surface area (TPSA) is 81.1 Å². The molecule has 1 saturated heterocycles. The van der Waals surface area contributed by atoms with E-state index in [1.54, 1.807) is 18.3 Å². The summed E-state index contributed by atoms with van der Waals surface area (Å²) in [6, 6.07) is 7.97. The molecular formula is C15H14BrN3O4. The molecule has 7 nitrogen and oxygen atoms in total. The first kappa shape index (κ1) is 15.7. The number of nitro benzene ring substituents is 1. The highest BCUT2D eigenvalue weighted by Gasteiger charge is 2.18. The lowest BCUT2D eigenvalue weighted by atomic mass is 10.3. The van der Waals surface area contributed by atoms with Crippen molar-refractivity contribution in [1.29, 1.82) is 0 Å². The van der Waals surface area contributed by atoms with Crippen LogP contribution in [0.25, 0.3) is 0 Å². The molecule has 0 radical (unpaired) electrons. The van der Waals surface area contributed by atoms with Gasteiger partial charge in [-0.25, -0.2) is 0 Å². The van der Waals surface area contributed by atoms with Crippen molar-refractivity contribution in [3.05, 3.63) is 50.7 Å². The number of nitrogens with zero attached hydrogens (tertiary/aromatic N) is 3. The third-order valence-corrected chi connectivity index (χ3v) is 3.94. The number of morpholine rings is 1. The highest BCUT2D eigenvalue weighted by Crippen LogP contribution is 2.30. The van der Waals surface area contributed by atoms with Crippen molar-refractivity contribution < 1.29 is 14.1 Å². The summed E-state index contributed by atoms with van der Waals surface area (Å²) in [5.41, 5.74) is 0.508. The van der Waals surface area contributed by atoms with Gasteiger partial charge in [-0.15, -0.1) is 0 Å². The maximum Gasteiger partial charge on any atom is 0.271 e. The van der Waals surface area contributed by atoms with Crippen LogP contribution in [0.1, 0.15) is 5.76 Å². The molecule has 1 fully saturated rings. The van der Waals surface area contributed by atoms with Crippen LogP contribution in [-0.4, -0.2) is 37.4 Å². The van der Waals surface area contributed by atoms with E-state index >= 15 is 0 Å². The summed E-state index contributed by atoms with van der Waals surface area (Å²) in [4.78, 5) is 16.6. The summed E-state index contributed by atoms with van der Waals surface area (Å²) in [6.07, 6.45) is 1.55. The summed E-state index contributed by atoms with van der Waals surface area (Å²) < 4.78 is 12.0. The van der Waals surface area contributed by atoms with Gasteiger partial charge in [0.1, 0.15) is 5.76 Å². The minimum absolute atomic E-state index is 0.00859. The third kappa shape index (κ3) is 3.77. The van der Waals surface area contributed by atoms with Gasteiger partial charge in [-0.1, -0.05) is 6.07 Å². The SMILES string of the molecule is O=[N+]([O-])c1cccc(N=Cc2cc(Br)c(N3CCOCC3)o2)c1. The first-order valence-electron chi connectivity index (χ1n) is 7.04. The average molecular weight is 380 g/mol. The normalized spacial score (nSPS) is 15.3. The molecule has 2 aromatic rings. The van der Waals surface area contributed by atoms with E-state index in [1.807, 2.05) is 6.07 Å². The molecule has 2 heterocycles. The fraction of sp³-hybridized carbons (Fsp3) is 0.267. The van der Waals surface area contributed by atoms with Gasteiger partial charge in [0.15, 0.2) is 0 Å². The standard InChI is InChI=1S/C15H14BrN3O4/c16-14-9-13(23-15(14)18-4-6-22-7-5-18)10-17-11-2-1-3-12(8-11)19(20)21/h1-3,8-10H,4-7H2. The van der Waals surface area contributed by atoms with Gasteiger partial charge in [0, 0.05) is 31.3 Å². The van der Waals surface area contributed by atoms with E-state index < -0.39 is 4.92 Å². The molecule has 0 bridgehead atoms. The van der Waals surface area contributed by atoms with Gasteiger partial charge in [0.05, 0.1) is 34.5 Å². The number of benzene rings is 1. The fourth-order valence-electron chi connectivity index (χ4n) is 2.25. The van der Waals surface area contributed by atoms with Crippen LogP contribution in [0.2, 0.25) is 0 Å². The lowest BCUT2D eigenvalue weighted by Crippen LogP contribution is -2.36. The molecule has 1 aliphatic rings. The second-order valence-electron chi connectivity index (χ2n) is 4.94.